The van der Waals surface area contributed by atoms with Gasteiger partial charge >= 0.3 is 12.0 Å². The van der Waals surface area contributed by atoms with Gasteiger partial charge in [0.05, 0.1) is 5.56 Å². The van der Waals surface area contributed by atoms with Crippen LogP contribution < -0.4 is 5.32 Å². The van der Waals surface area contributed by atoms with Crippen LogP contribution in [0.3, 0.4) is 0 Å². The van der Waals surface area contributed by atoms with Crippen LogP contribution in [-0.4, -0.2) is 41.6 Å². The largest absolute Gasteiger partial charge is 0.478 e. The zero-order valence-corrected chi connectivity index (χ0v) is 12.2. The lowest BCUT2D eigenvalue weighted by Gasteiger charge is -2.20. The molecule has 2 N–H and O–H groups in total. The Balaban J connectivity index is 1.79. The number of carboxylic acids is 1. The Morgan fingerprint density at radius 1 is 1.14 bits per heavy atom. The van der Waals surface area contributed by atoms with E-state index >= 15 is 0 Å². The molecule has 1 saturated heterocycles. The maximum atomic E-state index is 12.0. The van der Waals surface area contributed by atoms with E-state index in [1.165, 1.54) is 12.8 Å². The molecular weight excluding hydrogens is 268 g/mol. The first-order valence-electron chi connectivity index (χ1n) is 7.52. The molecule has 0 saturated carbocycles. The van der Waals surface area contributed by atoms with E-state index in [0.717, 1.165) is 31.5 Å². The third-order valence-electron chi connectivity index (χ3n) is 3.76. The number of amides is 2. The number of nitrogens with zero attached hydrogens (tertiary/aromatic N) is 1. The highest BCUT2D eigenvalue weighted by Crippen LogP contribution is 2.10. The summed E-state index contributed by atoms with van der Waals surface area (Å²) in [5, 5.41) is 11.9. The fraction of sp³-hybridized carbons (Fsp3) is 0.500. The first kappa shape index (κ1) is 15.4. The van der Waals surface area contributed by atoms with Crippen molar-refractivity contribution in [1.29, 1.82) is 0 Å². The van der Waals surface area contributed by atoms with Crippen LogP contribution in [0.5, 0.6) is 0 Å². The van der Waals surface area contributed by atoms with Crippen LogP contribution in [0.25, 0.3) is 0 Å². The van der Waals surface area contributed by atoms with Crippen molar-refractivity contribution in [1.82, 2.24) is 10.2 Å². The fourth-order valence-electron chi connectivity index (χ4n) is 2.56. The van der Waals surface area contributed by atoms with Crippen molar-refractivity contribution < 1.29 is 14.7 Å². The summed E-state index contributed by atoms with van der Waals surface area (Å²) in [5.74, 6) is -0.926. The zero-order chi connectivity index (χ0) is 15.1. The van der Waals surface area contributed by atoms with Crippen molar-refractivity contribution >= 4 is 12.0 Å². The minimum absolute atomic E-state index is 0.00807. The minimum Gasteiger partial charge on any atom is -0.478 e. The van der Waals surface area contributed by atoms with Crippen LogP contribution in [0.2, 0.25) is 0 Å². The first-order chi connectivity index (χ1) is 10.2. The van der Waals surface area contributed by atoms with E-state index in [-0.39, 0.29) is 11.6 Å². The molecule has 1 aromatic carbocycles. The lowest BCUT2D eigenvalue weighted by molar-refractivity contribution is 0.0696. The second-order valence-electron chi connectivity index (χ2n) is 5.39. The standard InChI is InChI=1S/C16H22N2O3/c19-15(20)14-7-5-6-13(12-14)8-9-17-16(21)18-10-3-1-2-4-11-18/h5-7,12H,1-4,8-11H2,(H,17,21)(H,19,20). The van der Waals surface area contributed by atoms with Gasteiger partial charge in [0.25, 0.3) is 0 Å². The number of benzene rings is 1. The first-order valence-corrected chi connectivity index (χ1v) is 7.52. The molecule has 2 rings (SSSR count). The number of carbonyl (C=O) groups excluding carboxylic acids is 1. The van der Waals surface area contributed by atoms with E-state index in [1.54, 1.807) is 18.2 Å². The number of rotatable bonds is 4. The number of nitrogens with one attached hydrogen (secondary N) is 1. The molecule has 0 unspecified atom stereocenters. The number of aromatic carboxylic acids is 1. The monoisotopic (exact) mass is 290 g/mol. The van der Waals surface area contributed by atoms with Crippen LogP contribution in [0.4, 0.5) is 4.79 Å². The number of likely N-dealkylation sites (tertiary alicyclic amines) is 1. The average molecular weight is 290 g/mol. The normalized spacial score (nSPS) is 15.3. The molecule has 0 bridgehead atoms. The predicted molar refractivity (Wildman–Crippen MR) is 80.5 cm³/mol. The summed E-state index contributed by atoms with van der Waals surface area (Å²) in [6, 6.07) is 6.83. The molecule has 1 aliphatic heterocycles. The molecule has 1 aromatic rings. The molecule has 2 amide bonds. The van der Waals surface area contributed by atoms with Crippen molar-refractivity contribution in [2.45, 2.75) is 32.1 Å². The van der Waals surface area contributed by atoms with E-state index in [1.807, 2.05) is 11.0 Å². The Hall–Kier alpha value is -2.04. The molecule has 5 nitrogen and oxygen atoms in total. The Kier molecular flexibility index (Phi) is 5.60. The van der Waals surface area contributed by atoms with Crippen molar-refractivity contribution in [3.8, 4) is 0 Å². The molecule has 1 aliphatic rings. The number of hydrogen-bond donors (Lipinski definition) is 2. The number of carbonyl (C=O) groups is 2. The lowest BCUT2D eigenvalue weighted by Crippen LogP contribution is -2.41. The second kappa shape index (κ2) is 7.67. The molecular formula is C16H22N2O3. The molecule has 0 atom stereocenters. The maximum Gasteiger partial charge on any atom is 0.335 e. The van der Waals surface area contributed by atoms with Crippen molar-refractivity contribution in [2.24, 2.45) is 0 Å². The molecule has 114 valence electrons. The van der Waals surface area contributed by atoms with Gasteiger partial charge in [-0.15, -0.1) is 0 Å². The van der Waals surface area contributed by atoms with E-state index in [2.05, 4.69) is 5.32 Å². The van der Waals surface area contributed by atoms with Gasteiger partial charge in [0.15, 0.2) is 0 Å². The van der Waals surface area contributed by atoms with Crippen molar-refractivity contribution in [2.75, 3.05) is 19.6 Å². The summed E-state index contributed by atoms with van der Waals surface area (Å²) >= 11 is 0. The van der Waals surface area contributed by atoms with Crippen LogP contribution in [-0.2, 0) is 6.42 Å². The number of urea groups is 1. The molecule has 0 spiro atoms. The summed E-state index contributed by atoms with van der Waals surface area (Å²) in [6.07, 6.45) is 5.19. The molecule has 5 heteroatoms. The van der Waals surface area contributed by atoms with Gasteiger partial charge in [-0.05, 0) is 37.0 Å². The van der Waals surface area contributed by atoms with Gasteiger partial charge in [-0.3, -0.25) is 0 Å². The van der Waals surface area contributed by atoms with Crippen molar-refractivity contribution in [3.63, 3.8) is 0 Å². The third-order valence-corrected chi connectivity index (χ3v) is 3.76. The average Bonchev–Trinajstić information content (AvgIpc) is 2.76. The topological polar surface area (TPSA) is 69.6 Å². The molecule has 1 fully saturated rings. The van der Waals surface area contributed by atoms with Gasteiger partial charge in [0.2, 0.25) is 0 Å². The van der Waals surface area contributed by atoms with Gasteiger partial charge in [-0.2, -0.15) is 0 Å². The number of hydrogen-bond acceptors (Lipinski definition) is 2. The van der Waals surface area contributed by atoms with E-state index in [4.69, 9.17) is 5.11 Å². The molecule has 1 heterocycles. The lowest BCUT2D eigenvalue weighted by atomic mass is 10.1. The Labute approximate surface area is 125 Å². The molecule has 21 heavy (non-hydrogen) atoms. The Bertz CT molecular complexity index is 494. The summed E-state index contributed by atoms with van der Waals surface area (Å²) in [5.41, 5.74) is 1.21. The summed E-state index contributed by atoms with van der Waals surface area (Å²) in [4.78, 5) is 24.8. The molecule has 0 aromatic heterocycles. The molecule has 0 radical (unpaired) electrons. The van der Waals surface area contributed by atoms with Crippen LogP contribution in [0, 0.1) is 0 Å². The quantitative estimate of drug-likeness (QED) is 0.895. The van der Waals surface area contributed by atoms with Crippen molar-refractivity contribution in [3.05, 3.63) is 35.4 Å². The summed E-state index contributed by atoms with van der Waals surface area (Å²) < 4.78 is 0. The van der Waals surface area contributed by atoms with Gasteiger partial charge in [0.1, 0.15) is 0 Å². The van der Waals surface area contributed by atoms with Gasteiger partial charge in [-0.25, -0.2) is 9.59 Å². The van der Waals surface area contributed by atoms with Gasteiger partial charge in [-0.1, -0.05) is 25.0 Å². The van der Waals surface area contributed by atoms with E-state index < -0.39 is 5.97 Å². The predicted octanol–water partition coefficient (Wildman–Crippen LogP) is 2.51. The highest BCUT2D eigenvalue weighted by atomic mass is 16.4. The SMILES string of the molecule is O=C(O)c1cccc(CCNC(=O)N2CCCCCC2)c1. The zero-order valence-electron chi connectivity index (χ0n) is 12.2. The van der Waals surface area contributed by atoms with Gasteiger partial charge < -0.3 is 15.3 Å². The highest BCUT2D eigenvalue weighted by Gasteiger charge is 2.14. The summed E-state index contributed by atoms with van der Waals surface area (Å²) in [6.45, 7) is 2.19. The van der Waals surface area contributed by atoms with Crippen LogP contribution in [0.1, 0.15) is 41.6 Å². The minimum atomic E-state index is -0.926. The Morgan fingerprint density at radius 2 is 1.86 bits per heavy atom. The van der Waals surface area contributed by atoms with E-state index in [9.17, 15) is 9.59 Å². The second-order valence-corrected chi connectivity index (χ2v) is 5.39. The maximum absolute atomic E-state index is 12.0. The van der Waals surface area contributed by atoms with Crippen LogP contribution in [0.15, 0.2) is 24.3 Å². The molecule has 0 aliphatic carbocycles. The number of carboxylic acid groups (broad SMARTS) is 1. The Morgan fingerprint density at radius 3 is 2.52 bits per heavy atom. The third kappa shape index (κ3) is 4.77. The summed E-state index contributed by atoms with van der Waals surface area (Å²) in [7, 11) is 0. The fourth-order valence-corrected chi connectivity index (χ4v) is 2.56. The highest BCUT2D eigenvalue weighted by molar-refractivity contribution is 5.87. The smallest absolute Gasteiger partial charge is 0.335 e. The van der Waals surface area contributed by atoms with Gasteiger partial charge in [0, 0.05) is 19.6 Å². The van der Waals surface area contributed by atoms with E-state index in [0.29, 0.717) is 13.0 Å². The van der Waals surface area contributed by atoms with Crippen LogP contribution >= 0.6 is 0 Å².